The largest absolute Gasteiger partial charge is 0.416 e. The van der Waals surface area contributed by atoms with Gasteiger partial charge in [0.25, 0.3) is 5.56 Å². The van der Waals surface area contributed by atoms with Gasteiger partial charge in [0.1, 0.15) is 16.5 Å². The van der Waals surface area contributed by atoms with Crippen molar-refractivity contribution in [2.45, 2.75) is 46.0 Å². The molecule has 0 fully saturated rings. The molecule has 0 amide bonds. The molecule has 0 atom stereocenters. The Hall–Kier alpha value is -3.08. The molecule has 1 aromatic carbocycles. The minimum atomic E-state index is -4.39. The van der Waals surface area contributed by atoms with Crippen LogP contribution >= 0.6 is 11.3 Å². The maximum atomic E-state index is 12.8. The number of halogens is 3. The van der Waals surface area contributed by atoms with Crippen molar-refractivity contribution in [3.8, 4) is 10.6 Å². The summed E-state index contributed by atoms with van der Waals surface area (Å²) in [6.07, 6.45) is -2.79. The van der Waals surface area contributed by atoms with E-state index in [1.807, 2.05) is 13.8 Å². The molecular weight excluding hydrogens is 443 g/mol. The van der Waals surface area contributed by atoms with Crippen LogP contribution in [0.1, 0.15) is 37.9 Å². The van der Waals surface area contributed by atoms with Gasteiger partial charge in [0.05, 0.1) is 17.8 Å². The second kappa shape index (κ2) is 9.60. The summed E-state index contributed by atoms with van der Waals surface area (Å²) >= 11 is 1.30. The van der Waals surface area contributed by atoms with Gasteiger partial charge >= 0.3 is 11.9 Å². The molecule has 3 rings (SSSR count). The van der Waals surface area contributed by atoms with E-state index < -0.39 is 23.0 Å². The van der Waals surface area contributed by atoms with E-state index in [1.54, 1.807) is 10.3 Å². The van der Waals surface area contributed by atoms with Gasteiger partial charge in [-0.1, -0.05) is 25.5 Å². The van der Waals surface area contributed by atoms with Gasteiger partial charge in [0, 0.05) is 24.0 Å². The number of aromatic amines is 1. The van der Waals surface area contributed by atoms with Gasteiger partial charge in [-0.2, -0.15) is 13.2 Å². The quantitative estimate of drug-likeness (QED) is 0.520. The molecule has 0 saturated carbocycles. The van der Waals surface area contributed by atoms with E-state index in [-0.39, 0.29) is 18.1 Å². The van der Waals surface area contributed by atoms with E-state index in [9.17, 15) is 22.8 Å². The first kappa shape index (κ1) is 23.6. The lowest BCUT2D eigenvalue weighted by Gasteiger charge is -2.24. The van der Waals surface area contributed by atoms with Gasteiger partial charge in [-0.15, -0.1) is 11.3 Å². The molecule has 0 aliphatic rings. The van der Waals surface area contributed by atoms with Crippen molar-refractivity contribution >= 4 is 22.8 Å². The summed E-state index contributed by atoms with van der Waals surface area (Å²) in [6, 6.07) is 4.81. The number of rotatable bonds is 8. The Morgan fingerprint density at radius 1 is 1.19 bits per heavy atom. The normalized spacial score (nSPS) is 11.7. The predicted molar refractivity (Wildman–Crippen MR) is 120 cm³/mol. The minimum Gasteiger partial charge on any atom is -0.383 e. The molecule has 7 nitrogen and oxygen atoms in total. The predicted octanol–water partition coefficient (Wildman–Crippen LogP) is 4.09. The van der Waals surface area contributed by atoms with E-state index in [0.29, 0.717) is 29.4 Å². The van der Waals surface area contributed by atoms with Crippen LogP contribution in [0.2, 0.25) is 0 Å². The monoisotopic (exact) mass is 467 g/mol. The number of hydrogen-bond donors (Lipinski definition) is 2. The highest BCUT2D eigenvalue weighted by Crippen LogP contribution is 2.32. The second-order valence-electron chi connectivity index (χ2n) is 7.23. The van der Waals surface area contributed by atoms with Crippen molar-refractivity contribution in [2.75, 3.05) is 17.2 Å². The number of nitrogens with one attached hydrogen (secondary N) is 1. The molecule has 3 N–H and O–H groups in total. The average molecular weight is 468 g/mol. The Labute approximate surface area is 186 Å². The third-order valence-corrected chi connectivity index (χ3v) is 5.95. The molecule has 0 aliphatic heterocycles. The van der Waals surface area contributed by atoms with E-state index in [4.69, 9.17) is 5.73 Å². The van der Waals surface area contributed by atoms with Gasteiger partial charge in [0.2, 0.25) is 0 Å². The first-order valence-corrected chi connectivity index (χ1v) is 11.0. The molecule has 3 aromatic rings. The number of aromatic nitrogens is 3. The van der Waals surface area contributed by atoms with Crippen molar-refractivity contribution in [3.63, 3.8) is 0 Å². The summed E-state index contributed by atoms with van der Waals surface area (Å²) in [5.41, 5.74) is 5.77. The summed E-state index contributed by atoms with van der Waals surface area (Å²) in [7, 11) is 0. The van der Waals surface area contributed by atoms with Crippen LogP contribution in [0.25, 0.3) is 10.6 Å². The lowest BCUT2D eigenvalue weighted by atomic mass is 10.1. The van der Waals surface area contributed by atoms with Gasteiger partial charge < -0.3 is 10.6 Å². The molecule has 2 aromatic heterocycles. The fourth-order valence-corrected chi connectivity index (χ4v) is 4.10. The van der Waals surface area contributed by atoms with E-state index in [2.05, 4.69) is 9.97 Å². The SMILES string of the molecule is CCCCn1c(N)c(N(CC)Cc2csc(-c3ccc(C(F)(F)F)cc3)n2)c(=O)[nH]c1=O. The highest BCUT2D eigenvalue weighted by molar-refractivity contribution is 7.13. The summed E-state index contributed by atoms with van der Waals surface area (Å²) in [5, 5.41) is 2.35. The number of nitrogen functional groups attached to an aromatic ring is 1. The lowest BCUT2D eigenvalue weighted by molar-refractivity contribution is -0.137. The van der Waals surface area contributed by atoms with Gasteiger partial charge in [-0.3, -0.25) is 14.3 Å². The van der Waals surface area contributed by atoms with Crippen molar-refractivity contribution in [3.05, 3.63) is 61.7 Å². The number of nitrogens with zero attached hydrogens (tertiary/aromatic N) is 3. The number of H-pyrrole nitrogens is 1. The molecule has 0 saturated heterocycles. The third-order valence-electron chi connectivity index (χ3n) is 5.01. The highest BCUT2D eigenvalue weighted by Gasteiger charge is 2.30. The summed E-state index contributed by atoms with van der Waals surface area (Å²) in [5.74, 6) is 0.104. The first-order chi connectivity index (χ1) is 15.2. The number of anilines is 2. The zero-order valence-electron chi connectivity index (χ0n) is 17.7. The molecule has 0 aliphatic carbocycles. The molecule has 2 heterocycles. The van der Waals surface area contributed by atoms with E-state index >= 15 is 0 Å². The second-order valence-corrected chi connectivity index (χ2v) is 8.09. The Morgan fingerprint density at radius 3 is 2.47 bits per heavy atom. The van der Waals surface area contributed by atoms with Crippen LogP contribution in [0.5, 0.6) is 0 Å². The van der Waals surface area contributed by atoms with Gasteiger partial charge in [-0.25, -0.2) is 9.78 Å². The fourth-order valence-electron chi connectivity index (χ4n) is 3.28. The Morgan fingerprint density at radius 2 is 1.88 bits per heavy atom. The minimum absolute atomic E-state index is 0.104. The van der Waals surface area contributed by atoms with Crippen molar-refractivity contribution in [1.82, 2.24) is 14.5 Å². The smallest absolute Gasteiger partial charge is 0.383 e. The van der Waals surface area contributed by atoms with Gasteiger partial charge in [-0.05, 0) is 25.5 Å². The Bertz CT molecular complexity index is 1180. The maximum Gasteiger partial charge on any atom is 0.416 e. The van der Waals surface area contributed by atoms with Crippen LogP contribution in [-0.4, -0.2) is 21.1 Å². The van der Waals surface area contributed by atoms with Crippen LogP contribution in [-0.2, 0) is 19.3 Å². The number of alkyl halides is 3. The molecule has 172 valence electrons. The standard InChI is InChI=1S/C21H24F3N5O2S/c1-3-5-10-29-17(25)16(18(30)27-20(29)31)28(4-2)11-15-12-32-19(26-15)13-6-8-14(9-7-13)21(22,23)24/h6-9,12H,3-5,10-11,25H2,1-2H3,(H,27,30,31). The lowest BCUT2D eigenvalue weighted by Crippen LogP contribution is -2.38. The number of thiazole rings is 1. The zero-order valence-corrected chi connectivity index (χ0v) is 18.5. The van der Waals surface area contributed by atoms with Crippen molar-refractivity contribution < 1.29 is 13.2 Å². The molecule has 11 heteroatoms. The Balaban J connectivity index is 1.87. The maximum absolute atomic E-state index is 12.8. The number of benzene rings is 1. The van der Waals surface area contributed by atoms with E-state index in [1.165, 1.54) is 28.0 Å². The number of hydrogen-bond acceptors (Lipinski definition) is 6. The van der Waals surface area contributed by atoms with E-state index in [0.717, 1.165) is 25.0 Å². The Kier molecular flexibility index (Phi) is 7.07. The van der Waals surface area contributed by atoms with Crippen molar-refractivity contribution in [2.24, 2.45) is 0 Å². The van der Waals surface area contributed by atoms with Gasteiger partial charge in [0.15, 0.2) is 0 Å². The van der Waals surface area contributed by atoms with Crippen LogP contribution in [0.3, 0.4) is 0 Å². The fraction of sp³-hybridized carbons (Fsp3) is 0.381. The number of nitrogens with two attached hydrogens (primary N) is 1. The van der Waals surface area contributed by atoms with Crippen molar-refractivity contribution in [1.29, 1.82) is 0 Å². The average Bonchev–Trinajstić information content (AvgIpc) is 3.20. The van der Waals surface area contributed by atoms with Crippen LogP contribution in [0, 0.1) is 0 Å². The molecule has 0 radical (unpaired) electrons. The zero-order chi connectivity index (χ0) is 23.5. The summed E-state index contributed by atoms with van der Waals surface area (Å²) in [4.78, 5) is 33.2. The molecule has 0 unspecified atom stereocenters. The van der Waals surface area contributed by atoms with Crippen LogP contribution in [0.4, 0.5) is 24.7 Å². The van der Waals surface area contributed by atoms with Crippen LogP contribution in [0.15, 0.2) is 39.2 Å². The highest BCUT2D eigenvalue weighted by atomic mass is 32.1. The molecule has 0 bridgehead atoms. The molecule has 0 spiro atoms. The molecular formula is C21H24F3N5O2S. The summed E-state index contributed by atoms with van der Waals surface area (Å²) in [6.45, 7) is 4.93. The number of unbranched alkanes of at least 4 members (excludes halogenated alkanes) is 1. The topological polar surface area (TPSA) is 97.0 Å². The first-order valence-electron chi connectivity index (χ1n) is 10.1. The molecule has 32 heavy (non-hydrogen) atoms. The third kappa shape index (κ3) is 5.04. The summed E-state index contributed by atoms with van der Waals surface area (Å²) < 4.78 is 39.7. The van der Waals surface area contributed by atoms with Crippen LogP contribution < -0.4 is 21.9 Å².